The van der Waals surface area contributed by atoms with Crippen LogP contribution in [0.1, 0.15) is 5.56 Å². The van der Waals surface area contributed by atoms with Gasteiger partial charge in [-0.15, -0.1) is 0 Å². The smallest absolute Gasteiger partial charge is 0.259 e. The minimum absolute atomic E-state index is 0.0363. The normalized spacial score (nSPS) is 10.4. The van der Waals surface area contributed by atoms with Gasteiger partial charge in [-0.05, 0) is 12.1 Å². The Morgan fingerprint density at radius 2 is 1.59 bits per heavy atom. The largest absolute Gasteiger partial charge is 0.496 e. The fraction of sp³-hybridized carbons (Fsp3) is 0.263. The zero-order chi connectivity index (χ0) is 19.6. The van der Waals surface area contributed by atoms with E-state index in [0.717, 1.165) is 5.69 Å². The van der Waals surface area contributed by atoms with Gasteiger partial charge in [-0.2, -0.15) is 5.10 Å². The highest BCUT2D eigenvalue weighted by molar-refractivity contribution is 5.89. The van der Waals surface area contributed by atoms with Gasteiger partial charge in [-0.1, -0.05) is 12.1 Å². The molecule has 2 N–H and O–H groups in total. The molecule has 2 rings (SSSR count). The van der Waals surface area contributed by atoms with E-state index in [4.69, 9.17) is 18.9 Å². The van der Waals surface area contributed by atoms with Crippen molar-refractivity contribution >= 4 is 17.8 Å². The highest BCUT2D eigenvalue weighted by atomic mass is 16.5. The maximum atomic E-state index is 12.0. The molecule has 0 heterocycles. The lowest BCUT2D eigenvalue weighted by Crippen LogP contribution is -2.26. The number of benzene rings is 2. The first-order valence-electron chi connectivity index (χ1n) is 8.11. The number of amides is 1. The van der Waals surface area contributed by atoms with E-state index in [1.165, 1.54) is 20.4 Å². The second-order valence-electron chi connectivity index (χ2n) is 5.29. The second kappa shape index (κ2) is 9.91. The van der Waals surface area contributed by atoms with E-state index < -0.39 is 0 Å². The Kier molecular flexibility index (Phi) is 7.30. The molecule has 1 amide bonds. The Morgan fingerprint density at radius 1 is 0.963 bits per heavy atom. The number of hydrogen-bond acceptors (Lipinski definition) is 7. The molecule has 144 valence electrons. The number of ether oxygens (including phenoxy) is 4. The van der Waals surface area contributed by atoms with Crippen LogP contribution in [0.4, 0.5) is 5.69 Å². The number of nitrogens with one attached hydrogen (secondary N) is 2. The highest BCUT2D eigenvalue weighted by Crippen LogP contribution is 2.32. The van der Waals surface area contributed by atoms with Crippen LogP contribution in [-0.4, -0.2) is 47.1 Å². The lowest BCUT2D eigenvalue weighted by atomic mass is 10.2. The topological polar surface area (TPSA) is 90.4 Å². The molecule has 2 aromatic rings. The summed E-state index contributed by atoms with van der Waals surface area (Å²) in [5.41, 5.74) is 3.76. The van der Waals surface area contributed by atoms with Gasteiger partial charge in [0.25, 0.3) is 5.91 Å². The molecule has 0 unspecified atom stereocenters. The molecule has 0 aliphatic heterocycles. The zero-order valence-corrected chi connectivity index (χ0v) is 15.7. The average Bonchev–Trinajstić information content (AvgIpc) is 2.72. The number of anilines is 1. The van der Waals surface area contributed by atoms with Crippen molar-refractivity contribution in [2.45, 2.75) is 0 Å². The summed E-state index contributed by atoms with van der Waals surface area (Å²) < 4.78 is 21.1. The molecule has 0 fully saturated rings. The molecular weight excluding hydrogens is 350 g/mol. The predicted molar refractivity (Wildman–Crippen MR) is 103 cm³/mol. The molecule has 2 aromatic carbocycles. The zero-order valence-electron chi connectivity index (χ0n) is 15.7. The van der Waals surface area contributed by atoms with Crippen molar-refractivity contribution in [1.29, 1.82) is 0 Å². The highest BCUT2D eigenvalue weighted by Gasteiger charge is 2.11. The van der Waals surface area contributed by atoms with Crippen LogP contribution in [0, 0.1) is 0 Å². The first-order chi connectivity index (χ1) is 13.1. The van der Waals surface area contributed by atoms with Gasteiger partial charge >= 0.3 is 0 Å². The fourth-order valence-corrected chi connectivity index (χ4v) is 2.33. The molecule has 0 atom stereocenters. The van der Waals surface area contributed by atoms with E-state index in [9.17, 15) is 4.79 Å². The van der Waals surface area contributed by atoms with E-state index in [1.54, 1.807) is 32.4 Å². The van der Waals surface area contributed by atoms with E-state index in [2.05, 4.69) is 15.8 Å². The van der Waals surface area contributed by atoms with Crippen LogP contribution in [-0.2, 0) is 4.79 Å². The van der Waals surface area contributed by atoms with Crippen molar-refractivity contribution in [3.05, 3.63) is 42.0 Å². The third-order valence-electron chi connectivity index (χ3n) is 3.68. The van der Waals surface area contributed by atoms with Crippen molar-refractivity contribution in [1.82, 2.24) is 5.43 Å². The number of methoxy groups -OCH3 is 4. The van der Waals surface area contributed by atoms with Crippen LogP contribution in [0.25, 0.3) is 0 Å². The number of nitrogens with zero attached hydrogens (tertiary/aromatic N) is 1. The number of para-hydroxylation sites is 2. The summed E-state index contributed by atoms with van der Waals surface area (Å²) >= 11 is 0. The summed E-state index contributed by atoms with van der Waals surface area (Å²) in [5, 5.41) is 6.97. The van der Waals surface area contributed by atoms with Gasteiger partial charge in [-0.25, -0.2) is 5.43 Å². The molecule has 0 saturated heterocycles. The summed E-state index contributed by atoms with van der Waals surface area (Å²) in [6.07, 6.45) is 1.46. The van der Waals surface area contributed by atoms with Gasteiger partial charge in [0.1, 0.15) is 23.0 Å². The van der Waals surface area contributed by atoms with Crippen LogP contribution >= 0.6 is 0 Å². The number of carbonyl (C=O) groups excluding carboxylic acids is 1. The quantitative estimate of drug-likeness (QED) is 0.518. The standard InChI is InChI=1S/C19H23N3O5/c1-24-13-9-17(26-3)14(18(10-13)27-4)11-21-22-19(23)12-20-15-7-5-6-8-16(15)25-2/h5-11,20H,12H2,1-4H3,(H,22,23)/b21-11-. The van der Waals surface area contributed by atoms with Crippen molar-refractivity contribution in [3.8, 4) is 23.0 Å². The number of rotatable bonds is 9. The molecule has 8 nitrogen and oxygen atoms in total. The fourth-order valence-electron chi connectivity index (χ4n) is 2.33. The summed E-state index contributed by atoms with van der Waals surface area (Å²) in [6, 6.07) is 10.7. The minimum Gasteiger partial charge on any atom is -0.496 e. The molecule has 0 aliphatic rings. The summed E-state index contributed by atoms with van der Waals surface area (Å²) in [6.45, 7) is 0.0363. The summed E-state index contributed by atoms with van der Waals surface area (Å²) in [5.74, 6) is 1.95. The van der Waals surface area contributed by atoms with Gasteiger partial charge in [0.05, 0.1) is 52.4 Å². The average molecular weight is 373 g/mol. The van der Waals surface area contributed by atoms with Crippen LogP contribution in [0.2, 0.25) is 0 Å². The second-order valence-corrected chi connectivity index (χ2v) is 5.29. The maximum absolute atomic E-state index is 12.0. The first kappa shape index (κ1) is 19.9. The Morgan fingerprint density at radius 3 is 2.19 bits per heavy atom. The van der Waals surface area contributed by atoms with Crippen molar-refractivity contribution < 1.29 is 23.7 Å². The predicted octanol–water partition coefficient (Wildman–Crippen LogP) is 2.28. The molecule has 0 aliphatic carbocycles. The van der Waals surface area contributed by atoms with Crippen molar-refractivity contribution in [2.75, 3.05) is 40.3 Å². The van der Waals surface area contributed by atoms with Gasteiger partial charge < -0.3 is 24.3 Å². The summed E-state index contributed by atoms with van der Waals surface area (Å²) in [4.78, 5) is 12.0. The first-order valence-corrected chi connectivity index (χ1v) is 8.11. The minimum atomic E-state index is -0.316. The Hall–Kier alpha value is -3.42. The number of hydrogen-bond donors (Lipinski definition) is 2. The van der Waals surface area contributed by atoms with Gasteiger partial charge in [0.2, 0.25) is 0 Å². The van der Waals surface area contributed by atoms with E-state index in [0.29, 0.717) is 28.6 Å². The molecule has 0 aromatic heterocycles. The Balaban J connectivity index is 2.01. The number of hydrazone groups is 1. The Bertz CT molecular complexity index is 783. The molecule has 0 spiro atoms. The monoisotopic (exact) mass is 373 g/mol. The van der Waals surface area contributed by atoms with Crippen molar-refractivity contribution in [3.63, 3.8) is 0 Å². The molecular formula is C19H23N3O5. The third kappa shape index (κ3) is 5.27. The maximum Gasteiger partial charge on any atom is 0.259 e. The van der Waals surface area contributed by atoms with Crippen LogP contribution < -0.4 is 29.7 Å². The molecule has 0 bridgehead atoms. The van der Waals surface area contributed by atoms with Gasteiger partial charge in [-0.3, -0.25) is 4.79 Å². The molecule has 27 heavy (non-hydrogen) atoms. The van der Waals surface area contributed by atoms with Crippen LogP contribution in [0.5, 0.6) is 23.0 Å². The molecule has 8 heteroatoms. The lowest BCUT2D eigenvalue weighted by molar-refractivity contribution is -0.119. The van der Waals surface area contributed by atoms with Crippen LogP contribution in [0.3, 0.4) is 0 Å². The molecule has 0 saturated carbocycles. The van der Waals surface area contributed by atoms with Gasteiger partial charge in [0.15, 0.2) is 0 Å². The number of carbonyl (C=O) groups is 1. The van der Waals surface area contributed by atoms with E-state index in [1.807, 2.05) is 18.2 Å². The molecule has 0 radical (unpaired) electrons. The van der Waals surface area contributed by atoms with E-state index >= 15 is 0 Å². The Labute approximate surface area is 158 Å². The van der Waals surface area contributed by atoms with E-state index in [-0.39, 0.29) is 12.5 Å². The van der Waals surface area contributed by atoms with Crippen LogP contribution in [0.15, 0.2) is 41.5 Å². The third-order valence-corrected chi connectivity index (χ3v) is 3.68. The SMILES string of the molecule is COc1cc(OC)c(/C=N\NC(=O)CNc2ccccc2OC)c(OC)c1. The lowest BCUT2D eigenvalue weighted by Gasteiger charge is -2.12. The van der Waals surface area contributed by atoms with Gasteiger partial charge in [0, 0.05) is 12.1 Å². The summed E-state index contributed by atoms with van der Waals surface area (Å²) in [7, 11) is 6.18. The van der Waals surface area contributed by atoms with Crippen molar-refractivity contribution in [2.24, 2.45) is 5.10 Å².